The summed E-state index contributed by atoms with van der Waals surface area (Å²) in [6.45, 7) is 10.1. The van der Waals surface area contributed by atoms with Gasteiger partial charge in [0.25, 0.3) is 0 Å². The average Bonchev–Trinajstić information content (AvgIpc) is 2.48. The molecule has 0 spiro atoms. The lowest BCUT2D eigenvalue weighted by Gasteiger charge is -2.41. The third kappa shape index (κ3) is 3.30. The van der Waals surface area contributed by atoms with Crippen molar-refractivity contribution in [3.8, 4) is 0 Å². The molecule has 0 nitrogen and oxygen atoms in total. The number of hydrogen-bond donors (Lipinski definition) is 0. The van der Waals surface area contributed by atoms with Gasteiger partial charge in [0.05, 0.1) is 0 Å². The van der Waals surface area contributed by atoms with Crippen molar-refractivity contribution in [2.75, 3.05) is 0 Å². The van der Waals surface area contributed by atoms with E-state index in [1.807, 2.05) is 0 Å². The van der Waals surface area contributed by atoms with Crippen molar-refractivity contribution in [2.45, 2.75) is 88.9 Å². The van der Waals surface area contributed by atoms with Crippen LogP contribution in [0.1, 0.15) is 66.2 Å². The van der Waals surface area contributed by atoms with Gasteiger partial charge >= 0.3 is 0 Å². The summed E-state index contributed by atoms with van der Waals surface area (Å²) in [5.74, 6) is 0. The van der Waals surface area contributed by atoms with Crippen LogP contribution >= 0.6 is 15.8 Å². The molecule has 3 rings (SSSR count). The zero-order valence-electron chi connectivity index (χ0n) is 14.8. The molecule has 2 heterocycles. The minimum atomic E-state index is 0.0432. The van der Waals surface area contributed by atoms with Crippen LogP contribution in [0.4, 0.5) is 0 Å². The molecule has 4 unspecified atom stereocenters. The van der Waals surface area contributed by atoms with Crippen LogP contribution in [0.15, 0.2) is 24.3 Å². The first-order chi connectivity index (χ1) is 10.6. The van der Waals surface area contributed by atoms with Gasteiger partial charge in [0.15, 0.2) is 0 Å². The van der Waals surface area contributed by atoms with Gasteiger partial charge in [0.1, 0.15) is 0 Å². The third-order valence-corrected chi connectivity index (χ3v) is 12.7. The summed E-state index contributed by atoms with van der Waals surface area (Å²) in [4.78, 5) is 0. The van der Waals surface area contributed by atoms with Crippen LogP contribution in [-0.2, 0) is 0 Å². The van der Waals surface area contributed by atoms with E-state index in [9.17, 15) is 0 Å². The van der Waals surface area contributed by atoms with E-state index < -0.39 is 0 Å². The van der Waals surface area contributed by atoms with E-state index in [2.05, 4.69) is 52.0 Å². The van der Waals surface area contributed by atoms with Gasteiger partial charge in [-0.05, 0) is 58.9 Å². The Labute approximate surface area is 140 Å². The first-order valence-corrected chi connectivity index (χ1v) is 12.2. The topological polar surface area (TPSA) is 0 Å². The minimum absolute atomic E-state index is 0.0432. The maximum absolute atomic E-state index is 2.53. The van der Waals surface area contributed by atoms with E-state index in [0.717, 1.165) is 22.6 Å². The van der Waals surface area contributed by atoms with E-state index >= 15 is 0 Å². The van der Waals surface area contributed by atoms with Gasteiger partial charge in [-0.15, -0.1) is 0 Å². The Hall–Kier alpha value is 0.0800. The highest BCUT2D eigenvalue weighted by Gasteiger charge is 2.35. The zero-order valence-corrected chi connectivity index (χ0v) is 16.5. The highest BCUT2D eigenvalue weighted by atomic mass is 31.1. The normalized spacial score (nSPS) is 39.6. The minimum Gasteiger partial charge on any atom is -0.0688 e. The van der Waals surface area contributed by atoms with Gasteiger partial charge in [0.2, 0.25) is 0 Å². The molecule has 122 valence electrons. The van der Waals surface area contributed by atoms with Crippen molar-refractivity contribution in [3.63, 3.8) is 0 Å². The van der Waals surface area contributed by atoms with Crippen molar-refractivity contribution in [1.29, 1.82) is 0 Å². The molecular formula is C20H32P2. The summed E-state index contributed by atoms with van der Waals surface area (Å²) >= 11 is 0. The predicted octanol–water partition coefficient (Wildman–Crippen LogP) is 5.82. The van der Waals surface area contributed by atoms with Crippen molar-refractivity contribution in [1.82, 2.24) is 0 Å². The molecule has 4 atom stereocenters. The van der Waals surface area contributed by atoms with Crippen molar-refractivity contribution >= 4 is 26.5 Å². The van der Waals surface area contributed by atoms with Gasteiger partial charge in [-0.25, -0.2) is 0 Å². The van der Waals surface area contributed by atoms with Gasteiger partial charge < -0.3 is 0 Å². The standard InChI is InChI=1S/C20H32P2/c1-15-9-7-10-16(2)21(15)19-13-5-6-14-20(19)22-17(3)11-8-12-18(22)4/h5-6,13-18H,7-12H2,1-4H3. The molecule has 1 aromatic carbocycles. The van der Waals surface area contributed by atoms with Crippen molar-refractivity contribution < 1.29 is 0 Å². The highest BCUT2D eigenvalue weighted by molar-refractivity contribution is 7.73. The quantitative estimate of drug-likeness (QED) is 0.598. The van der Waals surface area contributed by atoms with E-state index in [1.165, 1.54) is 38.5 Å². The predicted molar refractivity (Wildman–Crippen MR) is 105 cm³/mol. The molecule has 2 saturated heterocycles. The van der Waals surface area contributed by atoms with Crippen LogP contribution in [-0.4, -0.2) is 22.6 Å². The Kier molecular flexibility index (Phi) is 5.63. The molecule has 2 fully saturated rings. The maximum atomic E-state index is 2.53. The van der Waals surface area contributed by atoms with Crippen LogP contribution in [0.3, 0.4) is 0 Å². The Balaban J connectivity index is 1.99. The van der Waals surface area contributed by atoms with Crippen LogP contribution in [0.2, 0.25) is 0 Å². The highest BCUT2D eigenvalue weighted by Crippen LogP contribution is 2.56. The first kappa shape index (κ1) is 16.9. The van der Waals surface area contributed by atoms with Gasteiger partial charge in [0, 0.05) is 0 Å². The average molecular weight is 334 g/mol. The Morgan fingerprint density at radius 1 is 0.636 bits per heavy atom. The molecule has 0 amide bonds. The third-order valence-electron chi connectivity index (χ3n) is 5.83. The Morgan fingerprint density at radius 2 is 0.955 bits per heavy atom. The second-order valence-electron chi connectivity index (χ2n) is 7.56. The SMILES string of the molecule is CC1CCCC(C)P1c1ccccc1P1C(C)CCCC1C. The van der Waals surface area contributed by atoms with Gasteiger partial charge in [-0.2, -0.15) is 0 Å². The largest absolute Gasteiger partial charge is 0.0688 e. The van der Waals surface area contributed by atoms with E-state index in [-0.39, 0.29) is 15.8 Å². The molecule has 2 aliphatic rings. The van der Waals surface area contributed by atoms with E-state index in [1.54, 1.807) is 10.6 Å². The lowest BCUT2D eigenvalue weighted by molar-refractivity contribution is 0.627. The molecule has 1 aromatic rings. The fourth-order valence-electron chi connectivity index (χ4n) is 4.69. The Bertz CT molecular complexity index is 433. The van der Waals surface area contributed by atoms with Crippen molar-refractivity contribution in [2.24, 2.45) is 0 Å². The summed E-state index contributed by atoms with van der Waals surface area (Å²) in [5, 5.41) is 3.59. The van der Waals surface area contributed by atoms with Crippen LogP contribution in [0, 0.1) is 0 Å². The fourth-order valence-corrected chi connectivity index (χ4v) is 12.1. The van der Waals surface area contributed by atoms with Gasteiger partial charge in [-0.1, -0.05) is 80.6 Å². The van der Waals surface area contributed by atoms with Gasteiger partial charge in [-0.3, -0.25) is 0 Å². The molecule has 0 saturated carbocycles. The first-order valence-electron chi connectivity index (χ1n) is 9.25. The molecule has 0 aromatic heterocycles. The Morgan fingerprint density at radius 3 is 1.27 bits per heavy atom. The molecule has 0 radical (unpaired) electrons. The zero-order chi connectivity index (χ0) is 15.7. The summed E-state index contributed by atoms with van der Waals surface area (Å²) < 4.78 is 0. The van der Waals surface area contributed by atoms with E-state index in [4.69, 9.17) is 0 Å². The molecule has 2 aliphatic heterocycles. The number of hydrogen-bond acceptors (Lipinski definition) is 0. The monoisotopic (exact) mass is 334 g/mol. The van der Waals surface area contributed by atoms with Crippen LogP contribution in [0.5, 0.6) is 0 Å². The molecule has 2 heteroatoms. The molecule has 22 heavy (non-hydrogen) atoms. The van der Waals surface area contributed by atoms with Crippen LogP contribution < -0.4 is 10.6 Å². The smallest absolute Gasteiger partial charge is 0.0158 e. The summed E-state index contributed by atoms with van der Waals surface area (Å²) in [7, 11) is 0.0865. The maximum Gasteiger partial charge on any atom is -0.0158 e. The summed E-state index contributed by atoms with van der Waals surface area (Å²) in [5.41, 5.74) is 3.69. The lowest BCUT2D eigenvalue weighted by atomic mass is 10.1. The molecule has 0 bridgehead atoms. The summed E-state index contributed by atoms with van der Waals surface area (Å²) in [6.07, 6.45) is 8.71. The summed E-state index contributed by atoms with van der Waals surface area (Å²) in [6, 6.07) is 9.64. The molecule has 0 aliphatic carbocycles. The number of rotatable bonds is 2. The lowest BCUT2D eigenvalue weighted by Crippen LogP contribution is -2.35. The number of benzene rings is 1. The molecule has 0 N–H and O–H groups in total. The second kappa shape index (κ2) is 7.32. The van der Waals surface area contributed by atoms with E-state index in [0.29, 0.717) is 0 Å². The fraction of sp³-hybridized carbons (Fsp3) is 0.700. The van der Waals surface area contributed by atoms with Crippen molar-refractivity contribution in [3.05, 3.63) is 24.3 Å². The molecular weight excluding hydrogens is 302 g/mol. The second-order valence-corrected chi connectivity index (χ2v) is 13.7. The van der Waals surface area contributed by atoms with Crippen LogP contribution in [0.25, 0.3) is 0 Å².